The van der Waals surface area contributed by atoms with Crippen LogP contribution in [0, 0.1) is 28.9 Å². The van der Waals surface area contributed by atoms with E-state index in [0.29, 0.717) is 30.6 Å². The van der Waals surface area contributed by atoms with Crippen molar-refractivity contribution < 1.29 is 13.6 Å². The van der Waals surface area contributed by atoms with Crippen molar-refractivity contribution in [1.29, 1.82) is 5.26 Å². The molecule has 0 bridgehead atoms. The van der Waals surface area contributed by atoms with Crippen molar-refractivity contribution >= 4 is 11.7 Å². The van der Waals surface area contributed by atoms with Crippen molar-refractivity contribution in [3.8, 4) is 17.3 Å². The highest BCUT2D eigenvalue weighted by Crippen LogP contribution is 2.33. The van der Waals surface area contributed by atoms with Gasteiger partial charge in [-0.25, -0.2) is 8.78 Å². The van der Waals surface area contributed by atoms with Crippen molar-refractivity contribution in [1.82, 2.24) is 15.2 Å². The van der Waals surface area contributed by atoms with Crippen LogP contribution in [0.4, 0.5) is 14.6 Å². The molecule has 0 saturated carbocycles. The van der Waals surface area contributed by atoms with Gasteiger partial charge in [0.2, 0.25) is 5.91 Å². The number of halogens is 2. The zero-order chi connectivity index (χ0) is 19.7. The number of hydrogen-bond donors (Lipinski definition) is 1. The van der Waals surface area contributed by atoms with Gasteiger partial charge in [-0.05, 0) is 42.7 Å². The van der Waals surface area contributed by atoms with E-state index in [2.05, 4.69) is 21.3 Å². The fourth-order valence-corrected chi connectivity index (χ4v) is 3.45. The Morgan fingerprint density at radius 3 is 2.71 bits per heavy atom. The number of hydrogen-bond acceptors (Lipinski definition) is 4. The number of nitriles is 1. The van der Waals surface area contributed by atoms with Crippen LogP contribution in [-0.4, -0.2) is 27.6 Å². The van der Waals surface area contributed by atoms with Crippen molar-refractivity contribution in [2.24, 2.45) is 5.92 Å². The maximum atomic E-state index is 13.4. The number of pyridine rings is 1. The third-order valence-corrected chi connectivity index (χ3v) is 4.87. The molecule has 1 atom stereocenters. The number of aromatic amines is 1. The van der Waals surface area contributed by atoms with E-state index in [9.17, 15) is 18.8 Å². The quantitative estimate of drug-likeness (QED) is 0.754. The number of rotatable bonds is 4. The first-order valence-corrected chi connectivity index (χ1v) is 8.72. The fourth-order valence-electron chi connectivity index (χ4n) is 3.45. The molecule has 8 heteroatoms. The number of carbonyl (C=O) groups is 1. The van der Waals surface area contributed by atoms with E-state index < -0.39 is 11.6 Å². The topological polar surface area (TPSA) is 85.7 Å². The van der Waals surface area contributed by atoms with Crippen molar-refractivity contribution in [3.63, 3.8) is 0 Å². The van der Waals surface area contributed by atoms with Gasteiger partial charge < -0.3 is 0 Å². The molecule has 1 aromatic carbocycles. The Morgan fingerprint density at radius 1 is 1.21 bits per heavy atom. The molecule has 1 fully saturated rings. The molecule has 140 valence electrons. The van der Waals surface area contributed by atoms with Crippen molar-refractivity contribution in [3.05, 3.63) is 65.5 Å². The second-order valence-electron chi connectivity index (χ2n) is 6.57. The van der Waals surface area contributed by atoms with Crippen LogP contribution in [-0.2, 0) is 11.2 Å². The summed E-state index contributed by atoms with van der Waals surface area (Å²) in [6, 6.07) is 9.26. The van der Waals surface area contributed by atoms with Gasteiger partial charge in [0.25, 0.3) is 0 Å². The molecular formula is C20H15F2N5O. The summed E-state index contributed by atoms with van der Waals surface area (Å²) in [6.45, 7) is 0.405. The van der Waals surface area contributed by atoms with Crippen LogP contribution in [0.2, 0.25) is 0 Å². The lowest BCUT2D eigenvalue weighted by Gasteiger charge is -2.14. The van der Waals surface area contributed by atoms with Gasteiger partial charge in [-0.2, -0.15) is 10.4 Å². The average Bonchev–Trinajstić information content (AvgIpc) is 3.29. The van der Waals surface area contributed by atoms with E-state index in [4.69, 9.17) is 0 Å². The lowest BCUT2D eigenvalue weighted by molar-refractivity contribution is -0.120. The minimum absolute atomic E-state index is 0.186. The van der Waals surface area contributed by atoms with Crippen LogP contribution < -0.4 is 4.90 Å². The summed E-state index contributed by atoms with van der Waals surface area (Å²) in [5.41, 5.74) is 2.11. The molecule has 2 aromatic heterocycles. The molecule has 6 nitrogen and oxygen atoms in total. The summed E-state index contributed by atoms with van der Waals surface area (Å²) >= 11 is 0. The lowest BCUT2D eigenvalue weighted by Crippen LogP contribution is -2.28. The summed E-state index contributed by atoms with van der Waals surface area (Å²) in [5, 5.41) is 16.6. The van der Waals surface area contributed by atoms with Gasteiger partial charge in [-0.1, -0.05) is 6.07 Å². The number of carbonyl (C=O) groups excluding carboxylic acids is 1. The van der Waals surface area contributed by atoms with Crippen LogP contribution in [0.25, 0.3) is 11.3 Å². The standard InChI is InChI=1S/C20H15F2N5O/c21-16-2-1-12(10-17(16)22)9-14-5-8-27(20(14)28)19-15(11-23)18(25-26-19)13-3-6-24-7-4-13/h1-4,6-7,10,14H,5,8-9H2,(H,25,26)/t14-/m1/s1. The SMILES string of the molecule is N#Cc1c(N2CC[C@H](Cc3ccc(F)c(F)c3)C2=O)n[nH]c1-c1ccncc1. The number of aromatic nitrogens is 3. The Balaban J connectivity index is 1.58. The van der Waals surface area contributed by atoms with Gasteiger partial charge in [0.15, 0.2) is 17.5 Å². The molecule has 1 aliphatic heterocycles. The predicted octanol–water partition coefficient (Wildman–Crippen LogP) is 3.22. The van der Waals surface area contributed by atoms with Gasteiger partial charge in [0.05, 0.1) is 5.69 Å². The Bertz CT molecular complexity index is 1070. The number of nitrogens with zero attached hydrogens (tertiary/aromatic N) is 4. The van der Waals surface area contributed by atoms with E-state index in [1.165, 1.54) is 11.0 Å². The van der Waals surface area contributed by atoms with E-state index >= 15 is 0 Å². The van der Waals surface area contributed by atoms with Gasteiger partial charge in [0, 0.05) is 30.4 Å². The molecule has 1 N–H and O–H groups in total. The zero-order valence-corrected chi connectivity index (χ0v) is 14.7. The summed E-state index contributed by atoms with van der Waals surface area (Å²) in [4.78, 5) is 18.3. The first kappa shape index (κ1) is 17.8. The molecule has 0 radical (unpaired) electrons. The predicted molar refractivity (Wildman–Crippen MR) is 97.1 cm³/mol. The second kappa shape index (κ2) is 7.19. The van der Waals surface area contributed by atoms with E-state index in [1.807, 2.05) is 0 Å². The minimum Gasteiger partial charge on any atom is -0.294 e. The molecule has 3 heterocycles. The minimum atomic E-state index is -0.930. The van der Waals surface area contributed by atoms with E-state index in [0.717, 1.165) is 17.7 Å². The summed E-state index contributed by atoms with van der Waals surface area (Å²) in [6.07, 6.45) is 4.06. The maximum Gasteiger partial charge on any atom is 0.231 e. The van der Waals surface area contributed by atoms with Gasteiger partial charge in [-0.15, -0.1) is 0 Å². The lowest BCUT2D eigenvalue weighted by atomic mass is 9.98. The molecule has 0 spiro atoms. The van der Waals surface area contributed by atoms with Crippen LogP contribution in [0.15, 0.2) is 42.7 Å². The third-order valence-electron chi connectivity index (χ3n) is 4.87. The van der Waals surface area contributed by atoms with Crippen LogP contribution in [0.3, 0.4) is 0 Å². The molecule has 1 aliphatic rings. The number of amides is 1. The molecule has 1 saturated heterocycles. The molecule has 1 amide bonds. The van der Waals surface area contributed by atoms with Gasteiger partial charge >= 0.3 is 0 Å². The largest absolute Gasteiger partial charge is 0.294 e. The fraction of sp³-hybridized carbons (Fsp3) is 0.200. The normalized spacial score (nSPS) is 16.4. The highest BCUT2D eigenvalue weighted by molar-refractivity contribution is 5.98. The number of anilines is 1. The maximum absolute atomic E-state index is 13.4. The molecular weight excluding hydrogens is 364 g/mol. The van der Waals surface area contributed by atoms with E-state index in [-0.39, 0.29) is 23.2 Å². The zero-order valence-electron chi connectivity index (χ0n) is 14.7. The Kier molecular flexibility index (Phi) is 4.57. The Labute approximate surface area is 159 Å². The highest BCUT2D eigenvalue weighted by Gasteiger charge is 2.35. The summed E-state index contributed by atoms with van der Waals surface area (Å²) in [7, 11) is 0. The summed E-state index contributed by atoms with van der Waals surface area (Å²) in [5.74, 6) is -2.12. The Morgan fingerprint density at radius 2 is 2.00 bits per heavy atom. The van der Waals surface area contributed by atoms with Crippen molar-refractivity contribution in [2.45, 2.75) is 12.8 Å². The first-order chi connectivity index (χ1) is 13.6. The monoisotopic (exact) mass is 379 g/mol. The van der Waals surface area contributed by atoms with Gasteiger partial charge in [-0.3, -0.25) is 19.8 Å². The van der Waals surface area contributed by atoms with E-state index in [1.54, 1.807) is 24.5 Å². The number of benzene rings is 1. The smallest absolute Gasteiger partial charge is 0.231 e. The Hall–Kier alpha value is -3.60. The molecule has 0 unspecified atom stereocenters. The highest BCUT2D eigenvalue weighted by atomic mass is 19.2. The molecule has 4 rings (SSSR count). The third kappa shape index (κ3) is 3.11. The molecule has 0 aliphatic carbocycles. The average molecular weight is 379 g/mol. The summed E-state index contributed by atoms with van der Waals surface area (Å²) < 4.78 is 26.5. The van der Waals surface area contributed by atoms with Gasteiger partial charge in [0.1, 0.15) is 11.6 Å². The molecule has 3 aromatic rings. The second-order valence-corrected chi connectivity index (χ2v) is 6.57. The van der Waals surface area contributed by atoms with Crippen molar-refractivity contribution in [2.75, 3.05) is 11.4 Å². The van der Waals surface area contributed by atoms with Crippen LogP contribution in [0.5, 0.6) is 0 Å². The number of nitrogens with one attached hydrogen (secondary N) is 1. The number of H-pyrrole nitrogens is 1. The van der Waals surface area contributed by atoms with Crippen LogP contribution >= 0.6 is 0 Å². The first-order valence-electron chi connectivity index (χ1n) is 8.72. The van der Waals surface area contributed by atoms with Crippen LogP contribution in [0.1, 0.15) is 17.5 Å². The molecule has 28 heavy (non-hydrogen) atoms.